The minimum atomic E-state index is -3.51. The maximum absolute atomic E-state index is 12.5. The van der Waals surface area contributed by atoms with E-state index in [2.05, 4.69) is 20.8 Å². The third-order valence-electron chi connectivity index (χ3n) is 4.80. The number of hydrogen-bond donors (Lipinski definition) is 3. The van der Waals surface area contributed by atoms with Crippen LogP contribution in [0.3, 0.4) is 0 Å². The number of benzene rings is 1. The molecule has 0 spiro atoms. The molecule has 10 heteroatoms. The molecule has 8 nitrogen and oxygen atoms in total. The number of nitrogens with zero attached hydrogens (tertiary/aromatic N) is 2. The fourth-order valence-electron chi connectivity index (χ4n) is 2.90. The number of H-pyrrole nitrogens is 1. The molecule has 1 aromatic carbocycles. The van der Waals surface area contributed by atoms with E-state index in [-0.39, 0.29) is 29.3 Å². The lowest BCUT2D eigenvalue weighted by Gasteiger charge is -2.21. The van der Waals surface area contributed by atoms with Crippen LogP contribution in [-0.2, 0) is 29.5 Å². The Bertz CT molecular complexity index is 925. The quantitative estimate of drug-likeness (QED) is 0.646. The van der Waals surface area contributed by atoms with Crippen LogP contribution in [0, 0.1) is 0 Å². The second-order valence-electron chi connectivity index (χ2n) is 6.90. The van der Waals surface area contributed by atoms with E-state index in [1.54, 1.807) is 31.3 Å². The first-order valence-electron chi connectivity index (χ1n) is 8.92. The molecule has 3 N–H and O–H groups in total. The first kappa shape index (κ1) is 22.4. The van der Waals surface area contributed by atoms with Gasteiger partial charge in [-0.05, 0) is 31.5 Å². The van der Waals surface area contributed by atoms with Gasteiger partial charge in [0.25, 0.3) is 5.91 Å². The van der Waals surface area contributed by atoms with E-state index >= 15 is 0 Å². The molecular weight excluding hydrogens is 402 g/mol. The number of rotatable bonds is 6. The number of fused-ring (bicyclic) bond motifs is 1. The molecule has 0 aliphatic carbocycles. The van der Waals surface area contributed by atoms with Crippen LogP contribution in [0.1, 0.15) is 41.2 Å². The number of amides is 1. The standard InChI is InChI=1S/C18H25N5O3S.ClH/c1-12(2)23(3)27(25,26)14-6-4-13(5-7-14)10-20-18(24)17-15-11-19-9-8-16(15)21-22-17;/h4-7,12,19H,8-11H2,1-3H3,(H,20,24)(H,21,22);1H. The van der Waals surface area contributed by atoms with Crippen LogP contribution in [0.25, 0.3) is 0 Å². The predicted molar refractivity (Wildman–Crippen MR) is 109 cm³/mol. The minimum absolute atomic E-state index is 0. The van der Waals surface area contributed by atoms with E-state index in [4.69, 9.17) is 0 Å². The lowest BCUT2D eigenvalue weighted by atomic mass is 10.1. The van der Waals surface area contributed by atoms with Crippen LogP contribution in [0.4, 0.5) is 0 Å². The summed E-state index contributed by atoms with van der Waals surface area (Å²) in [6.07, 6.45) is 0.830. The Morgan fingerprint density at radius 1 is 1.29 bits per heavy atom. The second kappa shape index (κ2) is 9.04. The van der Waals surface area contributed by atoms with Gasteiger partial charge in [0, 0.05) is 50.4 Å². The van der Waals surface area contributed by atoms with Crippen molar-refractivity contribution in [2.45, 2.75) is 44.3 Å². The zero-order valence-corrected chi connectivity index (χ0v) is 17.8. The third-order valence-corrected chi connectivity index (χ3v) is 6.85. The van der Waals surface area contributed by atoms with E-state index in [0.29, 0.717) is 18.8 Å². The number of carbonyl (C=O) groups excluding carboxylic acids is 1. The highest BCUT2D eigenvalue weighted by atomic mass is 35.5. The lowest BCUT2D eigenvalue weighted by Crippen LogP contribution is -2.33. The molecular formula is C18H26ClN5O3S. The smallest absolute Gasteiger partial charge is 0.272 e. The fraction of sp³-hybridized carbons (Fsp3) is 0.444. The molecule has 0 fully saturated rings. The van der Waals surface area contributed by atoms with Gasteiger partial charge < -0.3 is 10.6 Å². The largest absolute Gasteiger partial charge is 0.347 e. The van der Waals surface area contributed by atoms with Crippen LogP contribution in [0.15, 0.2) is 29.2 Å². The number of carbonyl (C=O) groups is 1. The minimum Gasteiger partial charge on any atom is -0.347 e. The maximum Gasteiger partial charge on any atom is 0.272 e. The van der Waals surface area contributed by atoms with Crippen LogP contribution in [0.2, 0.25) is 0 Å². The molecule has 2 heterocycles. The number of halogens is 1. The summed E-state index contributed by atoms with van der Waals surface area (Å²) in [5, 5.41) is 13.1. The highest BCUT2D eigenvalue weighted by Gasteiger charge is 2.23. The Labute approximate surface area is 171 Å². The fourth-order valence-corrected chi connectivity index (χ4v) is 4.27. The summed E-state index contributed by atoms with van der Waals surface area (Å²) in [5.74, 6) is -0.243. The van der Waals surface area contributed by atoms with Gasteiger partial charge in [-0.1, -0.05) is 12.1 Å². The molecule has 1 aliphatic heterocycles. The van der Waals surface area contributed by atoms with Crippen LogP contribution in [-0.4, -0.2) is 48.5 Å². The summed E-state index contributed by atoms with van der Waals surface area (Å²) >= 11 is 0. The molecule has 0 bridgehead atoms. The van der Waals surface area contributed by atoms with Crippen molar-refractivity contribution in [2.75, 3.05) is 13.6 Å². The van der Waals surface area contributed by atoms with Crippen LogP contribution < -0.4 is 10.6 Å². The first-order valence-corrected chi connectivity index (χ1v) is 10.4. The summed E-state index contributed by atoms with van der Waals surface area (Å²) in [6, 6.07) is 6.43. The normalized spacial score (nSPS) is 13.9. The van der Waals surface area contributed by atoms with E-state index < -0.39 is 10.0 Å². The van der Waals surface area contributed by atoms with Crippen molar-refractivity contribution in [3.05, 3.63) is 46.8 Å². The lowest BCUT2D eigenvalue weighted by molar-refractivity contribution is 0.0944. The molecule has 0 atom stereocenters. The number of sulfonamides is 1. The SMILES string of the molecule is CC(C)N(C)S(=O)(=O)c1ccc(CNC(=O)c2n[nH]c3c2CNCC3)cc1.Cl. The molecule has 3 rings (SSSR count). The molecule has 154 valence electrons. The van der Waals surface area contributed by atoms with Crippen molar-refractivity contribution < 1.29 is 13.2 Å². The van der Waals surface area contributed by atoms with Gasteiger partial charge in [-0.3, -0.25) is 9.89 Å². The molecule has 0 unspecified atom stereocenters. The van der Waals surface area contributed by atoms with Crippen molar-refractivity contribution in [3.8, 4) is 0 Å². The maximum atomic E-state index is 12.5. The van der Waals surface area contributed by atoms with Gasteiger partial charge in [0.05, 0.1) is 4.90 Å². The number of hydrogen-bond acceptors (Lipinski definition) is 5. The Morgan fingerprint density at radius 2 is 1.96 bits per heavy atom. The zero-order chi connectivity index (χ0) is 19.6. The molecule has 0 radical (unpaired) electrons. The zero-order valence-electron chi connectivity index (χ0n) is 16.2. The van der Waals surface area contributed by atoms with Gasteiger partial charge in [-0.25, -0.2) is 8.42 Å². The van der Waals surface area contributed by atoms with Gasteiger partial charge in [-0.15, -0.1) is 12.4 Å². The molecule has 0 saturated heterocycles. The second-order valence-corrected chi connectivity index (χ2v) is 8.90. The van der Waals surface area contributed by atoms with Gasteiger partial charge in [-0.2, -0.15) is 9.40 Å². The average Bonchev–Trinajstić information content (AvgIpc) is 3.10. The summed E-state index contributed by atoms with van der Waals surface area (Å²) in [4.78, 5) is 12.7. The highest BCUT2D eigenvalue weighted by Crippen LogP contribution is 2.18. The van der Waals surface area contributed by atoms with Crippen LogP contribution in [0.5, 0.6) is 0 Å². The summed E-state index contributed by atoms with van der Waals surface area (Å²) in [5.41, 5.74) is 3.15. The van der Waals surface area contributed by atoms with Crippen molar-refractivity contribution in [1.82, 2.24) is 25.1 Å². The molecule has 1 aliphatic rings. The van der Waals surface area contributed by atoms with Crippen molar-refractivity contribution in [3.63, 3.8) is 0 Å². The van der Waals surface area contributed by atoms with E-state index in [0.717, 1.165) is 29.8 Å². The van der Waals surface area contributed by atoms with Gasteiger partial charge in [0.15, 0.2) is 5.69 Å². The van der Waals surface area contributed by atoms with E-state index in [9.17, 15) is 13.2 Å². The van der Waals surface area contributed by atoms with Crippen molar-refractivity contribution in [1.29, 1.82) is 0 Å². The molecule has 28 heavy (non-hydrogen) atoms. The summed E-state index contributed by atoms with van der Waals surface area (Å²) in [6.45, 7) is 5.45. The third kappa shape index (κ3) is 4.54. The Morgan fingerprint density at radius 3 is 2.61 bits per heavy atom. The van der Waals surface area contributed by atoms with E-state index in [1.165, 1.54) is 4.31 Å². The average molecular weight is 428 g/mol. The Kier molecular flexibility index (Phi) is 7.22. The molecule has 1 amide bonds. The number of aromatic amines is 1. The molecule has 0 saturated carbocycles. The predicted octanol–water partition coefficient (Wildman–Crippen LogP) is 1.44. The van der Waals surface area contributed by atoms with Crippen molar-refractivity contribution in [2.24, 2.45) is 0 Å². The summed E-state index contributed by atoms with van der Waals surface area (Å²) < 4.78 is 26.3. The highest BCUT2D eigenvalue weighted by molar-refractivity contribution is 7.89. The first-order chi connectivity index (χ1) is 12.8. The van der Waals surface area contributed by atoms with Crippen molar-refractivity contribution >= 4 is 28.3 Å². The molecule has 1 aromatic heterocycles. The number of nitrogens with one attached hydrogen (secondary N) is 3. The monoisotopic (exact) mass is 427 g/mol. The molecule has 2 aromatic rings. The Hall–Kier alpha value is -1.94. The van der Waals surface area contributed by atoms with Gasteiger partial charge >= 0.3 is 0 Å². The Balaban J connectivity index is 0.00000280. The van der Waals surface area contributed by atoms with Crippen LogP contribution >= 0.6 is 12.4 Å². The number of aromatic nitrogens is 2. The van der Waals surface area contributed by atoms with Gasteiger partial charge in [0.2, 0.25) is 10.0 Å². The summed E-state index contributed by atoms with van der Waals surface area (Å²) in [7, 11) is -1.94. The topological polar surface area (TPSA) is 107 Å². The van der Waals surface area contributed by atoms with Gasteiger partial charge in [0.1, 0.15) is 0 Å². The van der Waals surface area contributed by atoms with E-state index in [1.807, 2.05) is 13.8 Å².